The second kappa shape index (κ2) is 6.58. The summed E-state index contributed by atoms with van der Waals surface area (Å²) in [6, 6.07) is 7.04. The van der Waals surface area contributed by atoms with Crippen molar-refractivity contribution in [2.75, 3.05) is 32.1 Å². The number of methoxy groups -OCH3 is 1. The van der Waals surface area contributed by atoms with Crippen LogP contribution in [0.15, 0.2) is 24.3 Å². The number of nitrogens with one attached hydrogen (secondary N) is 1. The van der Waals surface area contributed by atoms with E-state index in [0.717, 1.165) is 44.5 Å². The highest BCUT2D eigenvalue weighted by Crippen LogP contribution is 2.39. The lowest BCUT2D eigenvalue weighted by atomic mass is 9.93. The van der Waals surface area contributed by atoms with Crippen LogP contribution in [0.3, 0.4) is 0 Å². The third-order valence-electron chi connectivity index (χ3n) is 4.76. The Morgan fingerprint density at radius 1 is 1.17 bits per heavy atom. The van der Waals surface area contributed by atoms with Crippen molar-refractivity contribution in [1.29, 1.82) is 0 Å². The van der Waals surface area contributed by atoms with Gasteiger partial charge in [0, 0.05) is 5.69 Å². The number of nitrogens with zero attached hydrogens (tertiary/aromatic N) is 1. The monoisotopic (exact) mass is 318 g/mol. The number of fused-ring (bicyclic) bond motifs is 1. The normalized spacial score (nSPS) is 19.2. The Hall–Kier alpha value is -2.08. The Morgan fingerprint density at radius 3 is 2.43 bits per heavy atom. The minimum Gasteiger partial charge on any atom is -0.482 e. The highest BCUT2D eigenvalue weighted by atomic mass is 16.6. The number of rotatable bonds is 5. The van der Waals surface area contributed by atoms with Crippen LogP contribution in [0.1, 0.15) is 25.7 Å². The van der Waals surface area contributed by atoms with E-state index in [0.29, 0.717) is 5.75 Å². The Morgan fingerprint density at radius 2 is 1.83 bits per heavy atom. The zero-order valence-electron chi connectivity index (χ0n) is 13.3. The molecule has 1 aromatic rings. The summed E-state index contributed by atoms with van der Waals surface area (Å²) in [5.74, 6) is 0.231. The summed E-state index contributed by atoms with van der Waals surface area (Å²) in [4.78, 5) is 26.1. The molecule has 2 aliphatic rings. The number of esters is 1. The van der Waals surface area contributed by atoms with Crippen molar-refractivity contribution in [3.05, 3.63) is 24.3 Å². The zero-order valence-corrected chi connectivity index (χ0v) is 13.3. The summed E-state index contributed by atoms with van der Waals surface area (Å²) < 4.78 is 9.81. The summed E-state index contributed by atoms with van der Waals surface area (Å²) in [6.45, 7) is 1.92. The van der Waals surface area contributed by atoms with Crippen LogP contribution in [0.5, 0.6) is 5.75 Å². The summed E-state index contributed by atoms with van der Waals surface area (Å²) in [5, 5.41) is 3.02. The maximum Gasteiger partial charge on any atom is 0.343 e. The van der Waals surface area contributed by atoms with Gasteiger partial charge in [0.2, 0.25) is 5.91 Å². The highest BCUT2D eigenvalue weighted by Gasteiger charge is 2.49. The maximum atomic E-state index is 12.7. The van der Waals surface area contributed by atoms with Gasteiger partial charge in [-0.2, -0.15) is 0 Å². The van der Waals surface area contributed by atoms with Gasteiger partial charge < -0.3 is 14.8 Å². The lowest BCUT2D eigenvalue weighted by molar-refractivity contribution is -0.142. The third-order valence-corrected chi connectivity index (χ3v) is 4.76. The van der Waals surface area contributed by atoms with Crippen LogP contribution in [0.2, 0.25) is 0 Å². The van der Waals surface area contributed by atoms with Gasteiger partial charge in [0.25, 0.3) is 0 Å². The predicted molar refractivity (Wildman–Crippen MR) is 85.4 cm³/mol. The van der Waals surface area contributed by atoms with E-state index in [4.69, 9.17) is 4.74 Å². The van der Waals surface area contributed by atoms with Crippen molar-refractivity contribution >= 4 is 17.6 Å². The largest absolute Gasteiger partial charge is 0.482 e. The lowest BCUT2D eigenvalue weighted by Crippen LogP contribution is -2.48. The number of amides is 1. The first kappa shape index (κ1) is 15.8. The van der Waals surface area contributed by atoms with Gasteiger partial charge in [-0.3, -0.25) is 9.69 Å². The maximum absolute atomic E-state index is 12.7. The molecule has 1 amide bonds. The summed E-state index contributed by atoms with van der Waals surface area (Å²) in [7, 11) is 1.32. The highest BCUT2D eigenvalue weighted by molar-refractivity contribution is 5.98. The molecule has 0 atom stereocenters. The molecule has 23 heavy (non-hydrogen) atoms. The van der Waals surface area contributed by atoms with Crippen molar-refractivity contribution in [2.24, 2.45) is 0 Å². The minimum absolute atomic E-state index is 0.0933. The molecule has 2 aliphatic heterocycles. The molecular weight excluding hydrogens is 296 g/mol. The number of carbonyl (C=O) groups is 2. The number of benzene rings is 1. The number of carbonyl (C=O) groups excluding carboxylic acids is 2. The fourth-order valence-electron chi connectivity index (χ4n) is 3.56. The van der Waals surface area contributed by atoms with E-state index >= 15 is 0 Å². The number of anilines is 1. The Bertz CT molecular complexity index is 575. The van der Waals surface area contributed by atoms with Crippen molar-refractivity contribution in [1.82, 2.24) is 4.90 Å². The Labute approximate surface area is 135 Å². The van der Waals surface area contributed by atoms with E-state index in [-0.39, 0.29) is 18.1 Å². The average molecular weight is 318 g/mol. The molecule has 3 rings (SSSR count). The average Bonchev–Trinajstić information content (AvgIpc) is 3.14. The predicted octanol–water partition coefficient (Wildman–Crippen LogP) is 1.81. The van der Waals surface area contributed by atoms with Gasteiger partial charge in [-0.15, -0.1) is 0 Å². The second-order valence-corrected chi connectivity index (χ2v) is 6.07. The van der Waals surface area contributed by atoms with Crippen LogP contribution >= 0.6 is 0 Å². The second-order valence-electron chi connectivity index (χ2n) is 6.07. The quantitative estimate of drug-likeness (QED) is 0.839. The van der Waals surface area contributed by atoms with Crippen LogP contribution < -0.4 is 10.1 Å². The molecule has 0 unspecified atom stereocenters. The molecule has 124 valence electrons. The molecule has 2 fully saturated rings. The topological polar surface area (TPSA) is 67.9 Å². The van der Waals surface area contributed by atoms with Gasteiger partial charge >= 0.3 is 5.97 Å². The summed E-state index contributed by atoms with van der Waals surface area (Å²) in [6.07, 6.45) is 4.07. The molecule has 6 nitrogen and oxygen atoms in total. The molecule has 2 heterocycles. The van der Waals surface area contributed by atoms with Gasteiger partial charge in [-0.25, -0.2) is 4.79 Å². The smallest absolute Gasteiger partial charge is 0.343 e. The van der Waals surface area contributed by atoms with Crippen molar-refractivity contribution < 1.29 is 19.1 Å². The van der Waals surface area contributed by atoms with Gasteiger partial charge in [0.05, 0.1) is 7.11 Å². The van der Waals surface area contributed by atoms with Gasteiger partial charge in [-0.05, 0) is 63.0 Å². The minimum atomic E-state index is -0.427. The first-order valence-electron chi connectivity index (χ1n) is 8.00. The molecule has 0 aromatic heterocycles. The van der Waals surface area contributed by atoms with Crippen LogP contribution in [-0.4, -0.2) is 49.1 Å². The van der Waals surface area contributed by atoms with Gasteiger partial charge in [-0.1, -0.05) is 0 Å². The zero-order chi connectivity index (χ0) is 16.3. The lowest BCUT2D eigenvalue weighted by Gasteiger charge is -2.30. The van der Waals surface area contributed by atoms with Crippen LogP contribution in [-0.2, 0) is 14.3 Å². The van der Waals surface area contributed by atoms with E-state index in [1.165, 1.54) is 7.11 Å². The van der Waals surface area contributed by atoms with Gasteiger partial charge in [0.15, 0.2) is 6.61 Å². The number of ether oxygens (including phenoxy) is 2. The molecule has 0 spiro atoms. The molecule has 6 heteroatoms. The number of hydrogen-bond acceptors (Lipinski definition) is 5. The summed E-state index contributed by atoms with van der Waals surface area (Å²) >= 11 is 0. The van der Waals surface area contributed by atoms with Crippen molar-refractivity contribution in [2.45, 2.75) is 31.2 Å². The van der Waals surface area contributed by atoms with Crippen LogP contribution in [0, 0.1) is 0 Å². The van der Waals surface area contributed by atoms with Crippen LogP contribution in [0.25, 0.3) is 0 Å². The molecule has 2 saturated heterocycles. The Kier molecular flexibility index (Phi) is 4.52. The molecule has 0 saturated carbocycles. The Balaban J connectivity index is 1.60. The van der Waals surface area contributed by atoms with Crippen molar-refractivity contribution in [3.8, 4) is 5.75 Å². The van der Waals surface area contributed by atoms with Gasteiger partial charge in [0.1, 0.15) is 11.3 Å². The first-order chi connectivity index (χ1) is 11.1. The molecule has 0 radical (unpaired) electrons. The number of hydrogen-bond donors (Lipinski definition) is 1. The van der Waals surface area contributed by atoms with E-state index in [2.05, 4.69) is 15.0 Å². The van der Waals surface area contributed by atoms with Crippen molar-refractivity contribution in [3.63, 3.8) is 0 Å². The van der Waals surface area contributed by atoms with E-state index in [1.807, 2.05) is 0 Å². The van der Waals surface area contributed by atoms with E-state index in [1.54, 1.807) is 24.3 Å². The fraction of sp³-hybridized carbons (Fsp3) is 0.529. The van der Waals surface area contributed by atoms with Crippen LogP contribution in [0.4, 0.5) is 5.69 Å². The molecular formula is C17H22N2O4. The molecule has 0 aliphatic carbocycles. The molecule has 1 N–H and O–H groups in total. The molecule has 0 bridgehead atoms. The molecule has 1 aromatic carbocycles. The third kappa shape index (κ3) is 3.17. The van der Waals surface area contributed by atoms with E-state index < -0.39 is 5.97 Å². The van der Waals surface area contributed by atoms with E-state index in [9.17, 15) is 9.59 Å². The SMILES string of the molecule is COC(=O)COc1ccc(NC(=O)C23CCCN2CCC3)cc1. The fourth-order valence-corrected chi connectivity index (χ4v) is 3.56. The summed E-state index contributed by atoms with van der Waals surface area (Å²) in [5.41, 5.74) is 0.439. The first-order valence-corrected chi connectivity index (χ1v) is 8.00. The standard InChI is InChI=1S/C17H22N2O4/c1-22-15(20)12-23-14-6-4-13(5-7-14)18-16(21)17-8-2-10-19(17)11-3-9-17/h4-7H,2-3,8-12H2,1H3,(H,18,21).